The van der Waals surface area contributed by atoms with Gasteiger partial charge in [0.05, 0.1) is 19.5 Å². The van der Waals surface area contributed by atoms with Crippen molar-refractivity contribution in [1.82, 2.24) is 19.4 Å². The summed E-state index contributed by atoms with van der Waals surface area (Å²) in [6.45, 7) is 7.97. The number of urea groups is 1. The van der Waals surface area contributed by atoms with E-state index >= 15 is 0 Å². The van der Waals surface area contributed by atoms with Gasteiger partial charge in [0.25, 0.3) is 0 Å². The van der Waals surface area contributed by atoms with Gasteiger partial charge in [-0.3, -0.25) is 4.90 Å². The second-order valence-electron chi connectivity index (χ2n) is 6.45. The van der Waals surface area contributed by atoms with Crippen molar-refractivity contribution in [2.75, 3.05) is 65.3 Å². The maximum atomic E-state index is 12.2. The average Bonchev–Trinajstić information content (AvgIpc) is 3.02. The van der Waals surface area contributed by atoms with E-state index in [2.05, 4.69) is 10.2 Å². The van der Waals surface area contributed by atoms with Gasteiger partial charge in [0.15, 0.2) is 0 Å². The van der Waals surface area contributed by atoms with Gasteiger partial charge in [-0.25, -0.2) is 13.2 Å². The molecule has 2 rings (SSSR count). The molecule has 2 aliphatic rings. The summed E-state index contributed by atoms with van der Waals surface area (Å²) in [7, 11) is -3.30. The normalized spacial score (nSPS) is 23.0. The number of sulfonamides is 1. The summed E-state index contributed by atoms with van der Waals surface area (Å²) in [6.07, 6.45) is 2.83. The molecule has 1 N–H and O–H groups in total. The van der Waals surface area contributed by atoms with Gasteiger partial charge < -0.3 is 15.0 Å². The zero-order valence-electron chi connectivity index (χ0n) is 14.7. The number of ether oxygens (including phenoxy) is 1. The molecule has 8 nitrogen and oxygen atoms in total. The molecule has 140 valence electrons. The highest BCUT2D eigenvalue weighted by molar-refractivity contribution is 7.88. The van der Waals surface area contributed by atoms with Crippen molar-refractivity contribution in [3.8, 4) is 0 Å². The molecule has 0 aromatic heterocycles. The molecule has 0 aromatic rings. The minimum Gasteiger partial charge on any atom is -0.379 e. The van der Waals surface area contributed by atoms with E-state index in [4.69, 9.17) is 4.74 Å². The molecule has 9 heteroatoms. The van der Waals surface area contributed by atoms with Crippen molar-refractivity contribution in [3.05, 3.63) is 0 Å². The first kappa shape index (κ1) is 19.4. The lowest BCUT2D eigenvalue weighted by molar-refractivity contribution is 0.0354. The molecule has 0 aliphatic carbocycles. The molecule has 2 fully saturated rings. The van der Waals surface area contributed by atoms with E-state index in [1.807, 2.05) is 6.92 Å². The van der Waals surface area contributed by atoms with Crippen LogP contribution < -0.4 is 5.32 Å². The monoisotopic (exact) mass is 362 g/mol. The predicted octanol–water partition coefficient (Wildman–Crippen LogP) is -0.226. The highest BCUT2D eigenvalue weighted by Gasteiger charge is 2.34. The zero-order chi connectivity index (χ0) is 17.6. The summed E-state index contributed by atoms with van der Waals surface area (Å²) in [4.78, 5) is 16.0. The van der Waals surface area contributed by atoms with Crippen molar-refractivity contribution in [2.45, 2.75) is 25.8 Å². The Morgan fingerprint density at radius 3 is 2.62 bits per heavy atom. The van der Waals surface area contributed by atoms with Gasteiger partial charge in [-0.2, -0.15) is 4.31 Å². The second-order valence-corrected chi connectivity index (χ2v) is 8.38. The molecule has 2 amide bonds. The van der Waals surface area contributed by atoms with Crippen molar-refractivity contribution in [2.24, 2.45) is 0 Å². The van der Waals surface area contributed by atoms with Crippen molar-refractivity contribution in [3.63, 3.8) is 0 Å². The van der Waals surface area contributed by atoms with Gasteiger partial charge in [0, 0.05) is 51.9 Å². The molecule has 1 atom stereocenters. The van der Waals surface area contributed by atoms with Crippen LogP contribution in [0.5, 0.6) is 0 Å². The number of rotatable bonds is 7. The lowest BCUT2D eigenvalue weighted by Gasteiger charge is -2.31. The molecule has 1 unspecified atom stereocenters. The van der Waals surface area contributed by atoms with Crippen LogP contribution in [0.25, 0.3) is 0 Å². The number of hydrogen-bond donors (Lipinski definition) is 1. The predicted molar refractivity (Wildman–Crippen MR) is 92.5 cm³/mol. The van der Waals surface area contributed by atoms with Gasteiger partial charge in [0.2, 0.25) is 10.0 Å². The number of nitrogens with zero attached hydrogens (tertiary/aromatic N) is 3. The number of carbonyl (C=O) groups is 1. The standard InChI is InChI=1S/C15H30N4O4S/c1-3-5-16-15(20)18-6-4-14(13-18)19(24(2,21)22)8-7-17-9-11-23-12-10-17/h14H,3-13H2,1-2H3,(H,16,20). The Hall–Kier alpha value is -0.900. The number of nitrogens with one attached hydrogen (secondary N) is 1. The van der Waals surface area contributed by atoms with Gasteiger partial charge in [-0.1, -0.05) is 6.92 Å². The molecule has 0 saturated carbocycles. The summed E-state index contributed by atoms with van der Waals surface area (Å²) in [5.74, 6) is 0. The third-order valence-electron chi connectivity index (χ3n) is 4.55. The summed E-state index contributed by atoms with van der Waals surface area (Å²) in [6, 6.07) is -0.227. The van der Waals surface area contributed by atoms with E-state index in [1.54, 1.807) is 9.21 Å². The molecule has 2 saturated heterocycles. The maximum Gasteiger partial charge on any atom is 0.317 e. The lowest BCUT2D eigenvalue weighted by atomic mass is 10.2. The molecule has 0 radical (unpaired) electrons. The molecule has 0 bridgehead atoms. The second kappa shape index (κ2) is 8.98. The fraction of sp³-hybridized carbons (Fsp3) is 0.933. The zero-order valence-corrected chi connectivity index (χ0v) is 15.6. The van der Waals surface area contributed by atoms with Crippen LogP contribution in [0.15, 0.2) is 0 Å². The maximum absolute atomic E-state index is 12.2. The van der Waals surface area contributed by atoms with Crippen LogP contribution in [-0.4, -0.2) is 99.9 Å². The van der Waals surface area contributed by atoms with Crippen LogP contribution in [0.1, 0.15) is 19.8 Å². The molecular formula is C15H30N4O4S. The topological polar surface area (TPSA) is 82.2 Å². The Morgan fingerprint density at radius 2 is 2.00 bits per heavy atom. The molecule has 2 aliphatic heterocycles. The van der Waals surface area contributed by atoms with E-state index in [0.29, 0.717) is 52.4 Å². The van der Waals surface area contributed by atoms with Crippen LogP contribution in [0.2, 0.25) is 0 Å². The first-order chi connectivity index (χ1) is 11.4. The molecule has 2 heterocycles. The van der Waals surface area contributed by atoms with E-state index < -0.39 is 10.0 Å². The Labute approximate surface area is 145 Å². The summed E-state index contributed by atoms with van der Waals surface area (Å²) in [5, 5.41) is 2.85. The van der Waals surface area contributed by atoms with Crippen LogP contribution in [0.3, 0.4) is 0 Å². The number of morpholine rings is 1. The minimum atomic E-state index is -3.30. The van der Waals surface area contributed by atoms with Crippen molar-refractivity contribution in [1.29, 1.82) is 0 Å². The third-order valence-corrected chi connectivity index (χ3v) is 5.88. The molecule has 0 aromatic carbocycles. The number of carbonyl (C=O) groups excluding carboxylic acids is 1. The number of amides is 2. The van der Waals surface area contributed by atoms with Crippen LogP contribution >= 0.6 is 0 Å². The fourth-order valence-electron chi connectivity index (χ4n) is 3.19. The Bertz CT molecular complexity index is 508. The fourth-order valence-corrected chi connectivity index (χ4v) is 4.32. The van der Waals surface area contributed by atoms with Gasteiger partial charge in [0.1, 0.15) is 0 Å². The lowest BCUT2D eigenvalue weighted by Crippen LogP contribution is -2.48. The van der Waals surface area contributed by atoms with Gasteiger partial charge in [-0.05, 0) is 12.8 Å². The van der Waals surface area contributed by atoms with E-state index in [9.17, 15) is 13.2 Å². The molecular weight excluding hydrogens is 332 g/mol. The molecule has 24 heavy (non-hydrogen) atoms. The first-order valence-electron chi connectivity index (χ1n) is 8.71. The largest absolute Gasteiger partial charge is 0.379 e. The van der Waals surface area contributed by atoms with E-state index in [0.717, 1.165) is 19.5 Å². The minimum absolute atomic E-state index is 0.0963. The Balaban J connectivity index is 1.90. The van der Waals surface area contributed by atoms with Crippen molar-refractivity contribution < 1.29 is 17.9 Å². The highest BCUT2D eigenvalue weighted by atomic mass is 32.2. The SMILES string of the molecule is CCCNC(=O)N1CCC(N(CCN2CCOCC2)S(C)(=O)=O)C1. The summed E-state index contributed by atoms with van der Waals surface area (Å²) < 4.78 is 31.3. The van der Waals surface area contributed by atoms with Gasteiger partial charge in [-0.15, -0.1) is 0 Å². The van der Waals surface area contributed by atoms with E-state index in [-0.39, 0.29) is 12.1 Å². The summed E-state index contributed by atoms with van der Waals surface area (Å²) in [5.41, 5.74) is 0. The number of hydrogen-bond acceptors (Lipinski definition) is 5. The van der Waals surface area contributed by atoms with Crippen LogP contribution in [-0.2, 0) is 14.8 Å². The average molecular weight is 362 g/mol. The Morgan fingerprint density at radius 1 is 1.29 bits per heavy atom. The summed E-state index contributed by atoms with van der Waals surface area (Å²) >= 11 is 0. The highest BCUT2D eigenvalue weighted by Crippen LogP contribution is 2.18. The molecule has 0 spiro atoms. The third kappa shape index (κ3) is 5.58. The Kier molecular flexibility index (Phi) is 7.27. The van der Waals surface area contributed by atoms with Crippen molar-refractivity contribution >= 4 is 16.1 Å². The first-order valence-corrected chi connectivity index (χ1v) is 10.6. The van der Waals surface area contributed by atoms with E-state index in [1.165, 1.54) is 6.26 Å². The van der Waals surface area contributed by atoms with Gasteiger partial charge >= 0.3 is 6.03 Å². The van der Waals surface area contributed by atoms with Crippen LogP contribution in [0.4, 0.5) is 4.79 Å². The smallest absolute Gasteiger partial charge is 0.317 e. The number of likely N-dealkylation sites (tertiary alicyclic amines) is 1. The van der Waals surface area contributed by atoms with Crippen LogP contribution in [0, 0.1) is 0 Å². The quantitative estimate of drug-likeness (QED) is 0.677.